The topological polar surface area (TPSA) is 38.8 Å². The Labute approximate surface area is 119 Å². The first-order valence-electron chi connectivity index (χ1n) is 7.20. The van der Waals surface area contributed by atoms with Crippen molar-refractivity contribution in [1.82, 2.24) is 0 Å². The zero-order valence-electron chi connectivity index (χ0n) is 11.8. The standard InChI is InChI=1S/C17H20O3/c1-12-8-9-13(2)17(10-12)15(20-17)11-19-16(18)14-6-4-3-5-7-14/h3-7,12,15H,2,8-11H2,1H3. The lowest BCUT2D eigenvalue weighted by molar-refractivity contribution is 0.0476. The summed E-state index contributed by atoms with van der Waals surface area (Å²) < 4.78 is 11.2. The van der Waals surface area contributed by atoms with Gasteiger partial charge in [0.15, 0.2) is 0 Å². The third-order valence-electron chi connectivity index (χ3n) is 4.38. The maximum atomic E-state index is 11.9. The number of ether oxygens (including phenoxy) is 2. The molecule has 3 atom stereocenters. The summed E-state index contributed by atoms with van der Waals surface area (Å²) >= 11 is 0. The third-order valence-corrected chi connectivity index (χ3v) is 4.38. The molecule has 1 spiro atoms. The minimum Gasteiger partial charge on any atom is -0.459 e. The third kappa shape index (κ3) is 2.38. The summed E-state index contributed by atoms with van der Waals surface area (Å²) in [5.74, 6) is 0.362. The number of carbonyl (C=O) groups excluding carboxylic acids is 1. The molecule has 0 aromatic heterocycles. The van der Waals surface area contributed by atoms with Gasteiger partial charge < -0.3 is 9.47 Å². The van der Waals surface area contributed by atoms with Crippen molar-refractivity contribution in [2.45, 2.75) is 37.9 Å². The van der Waals surface area contributed by atoms with Crippen molar-refractivity contribution in [2.24, 2.45) is 5.92 Å². The molecule has 0 bridgehead atoms. The predicted octanol–water partition coefficient (Wildman–Crippen LogP) is 3.36. The SMILES string of the molecule is C=C1CCC(C)CC12OC2COC(=O)c1ccccc1. The first-order valence-corrected chi connectivity index (χ1v) is 7.20. The number of benzene rings is 1. The van der Waals surface area contributed by atoms with E-state index in [0.717, 1.165) is 18.4 Å². The minimum absolute atomic E-state index is 0.00888. The van der Waals surface area contributed by atoms with Crippen molar-refractivity contribution >= 4 is 5.97 Å². The maximum Gasteiger partial charge on any atom is 0.338 e. The summed E-state index contributed by atoms with van der Waals surface area (Å²) in [5.41, 5.74) is 1.53. The quantitative estimate of drug-likeness (QED) is 0.481. The smallest absolute Gasteiger partial charge is 0.338 e. The normalized spacial score (nSPS) is 32.1. The van der Waals surface area contributed by atoms with Crippen molar-refractivity contribution in [1.29, 1.82) is 0 Å². The molecule has 3 rings (SSSR count). The van der Waals surface area contributed by atoms with Crippen LogP contribution in [0.5, 0.6) is 0 Å². The molecule has 0 N–H and O–H groups in total. The van der Waals surface area contributed by atoms with Crippen molar-refractivity contribution in [3.8, 4) is 0 Å². The Hall–Kier alpha value is -1.61. The lowest BCUT2D eigenvalue weighted by Crippen LogP contribution is -2.28. The number of esters is 1. The Balaban J connectivity index is 1.56. The molecule has 1 aliphatic carbocycles. The van der Waals surface area contributed by atoms with Crippen LogP contribution in [0.25, 0.3) is 0 Å². The summed E-state index contributed by atoms with van der Waals surface area (Å²) in [6.45, 7) is 6.69. The van der Waals surface area contributed by atoms with E-state index >= 15 is 0 Å². The van der Waals surface area contributed by atoms with E-state index < -0.39 is 0 Å². The lowest BCUT2D eigenvalue weighted by atomic mass is 9.77. The van der Waals surface area contributed by atoms with Crippen LogP contribution in [-0.4, -0.2) is 24.3 Å². The highest BCUT2D eigenvalue weighted by Gasteiger charge is 2.60. The Morgan fingerprint density at radius 3 is 2.95 bits per heavy atom. The molecule has 1 heterocycles. The number of hydrogen-bond donors (Lipinski definition) is 0. The van der Waals surface area contributed by atoms with Crippen LogP contribution in [-0.2, 0) is 9.47 Å². The van der Waals surface area contributed by atoms with Gasteiger partial charge in [-0.25, -0.2) is 4.79 Å². The maximum absolute atomic E-state index is 11.9. The second-order valence-electron chi connectivity index (χ2n) is 5.91. The van der Waals surface area contributed by atoms with E-state index in [2.05, 4.69) is 13.5 Å². The van der Waals surface area contributed by atoms with Gasteiger partial charge in [-0.1, -0.05) is 31.7 Å². The first-order chi connectivity index (χ1) is 9.62. The molecule has 3 unspecified atom stereocenters. The molecule has 2 aliphatic rings. The van der Waals surface area contributed by atoms with E-state index in [1.54, 1.807) is 12.1 Å². The van der Waals surface area contributed by atoms with Gasteiger partial charge >= 0.3 is 5.97 Å². The molecule has 1 aromatic rings. The van der Waals surface area contributed by atoms with Gasteiger partial charge in [-0.05, 0) is 42.9 Å². The fraction of sp³-hybridized carbons (Fsp3) is 0.471. The molecule has 0 amide bonds. The average molecular weight is 272 g/mol. The summed E-state index contributed by atoms with van der Waals surface area (Å²) in [4.78, 5) is 11.9. The van der Waals surface area contributed by atoms with Crippen molar-refractivity contribution in [3.63, 3.8) is 0 Å². The second-order valence-corrected chi connectivity index (χ2v) is 5.91. The fourth-order valence-corrected chi connectivity index (χ4v) is 3.08. The van der Waals surface area contributed by atoms with Gasteiger partial charge in [0.1, 0.15) is 18.3 Å². The van der Waals surface area contributed by atoms with Gasteiger partial charge in [0, 0.05) is 0 Å². The summed E-state index contributed by atoms with van der Waals surface area (Å²) in [6.07, 6.45) is 3.19. The number of hydrogen-bond acceptors (Lipinski definition) is 3. The minimum atomic E-state index is -0.286. The van der Waals surface area contributed by atoms with Gasteiger partial charge in [-0.15, -0.1) is 0 Å². The van der Waals surface area contributed by atoms with Crippen LogP contribution in [0.4, 0.5) is 0 Å². The van der Waals surface area contributed by atoms with E-state index in [1.807, 2.05) is 18.2 Å². The van der Waals surface area contributed by atoms with Crippen molar-refractivity contribution in [3.05, 3.63) is 48.0 Å². The van der Waals surface area contributed by atoms with Crippen LogP contribution in [0, 0.1) is 5.92 Å². The van der Waals surface area contributed by atoms with Gasteiger partial charge in [0.25, 0.3) is 0 Å². The molecular formula is C17H20O3. The number of epoxide rings is 1. The molecule has 1 aromatic carbocycles. The van der Waals surface area contributed by atoms with Gasteiger partial charge in [-0.3, -0.25) is 0 Å². The van der Waals surface area contributed by atoms with Crippen molar-refractivity contribution < 1.29 is 14.3 Å². The van der Waals surface area contributed by atoms with Crippen LogP contribution >= 0.6 is 0 Å². The largest absolute Gasteiger partial charge is 0.459 e. The Kier molecular flexibility index (Phi) is 3.38. The molecule has 1 saturated heterocycles. The molecule has 0 radical (unpaired) electrons. The van der Waals surface area contributed by atoms with E-state index in [0.29, 0.717) is 18.1 Å². The summed E-state index contributed by atoms with van der Waals surface area (Å²) in [7, 11) is 0. The Bertz CT molecular complexity index is 522. The Morgan fingerprint density at radius 1 is 1.45 bits per heavy atom. The van der Waals surface area contributed by atoms with Gasteiger partial charge in [-0.2, -0.15) is 0 Å². The molecule has 3 nitrogen and oxygen atoms in total. The number of rotatable bonds is 3. The monoisotopic (exact) mass is 272 g/mol. The average Bonchev–Trinajstić information content (AvgIpc) is 3.15. The molecule has 2 fully saturated rings. The van der Waals surface area contributed by atoms with E-state index in [4.69, 9.17) is 9.47 Å². The van der Waals surface area contributed by atoms with E-state index in [1.165, 1.54) is 6.42 Å². The van der Waals surface area contributed by atoms with Crippen molar-refractivity contribution in [2.75, 3.05) is 6.61 Å². The van der Waals surface area contributed by atoms with Crippen LogP contribution in [0.3, 0.4) is 0 Å². The molecule has 1 saturated carbocycles. The van der Waals surface area contributed by atoms with E-state index in [-0.39, 0.29) is 17.7 Å². The van der Waals surface area contributed by atoms with Gasteiger partial charge in [0.2, 0.25) is 0 Å². The summed E-state index contributed by atoms with van der Waals surface area (Å²) in [5, 5.41) is 0. The first kappa shape index (κ1) is 13.4. The molecule has 1 aliphatic heterocycles. The second kappa shape index (κ2) is 5.06. The number of carbonyl (C=O) groups is 1. The fourth-order valence-electron chi connectivity index (χ4n) is 3.08. The highest BCUT2D eigenvalue weighted by Crippen LogP contribution is 2.52. The molecule has 20 heavy (non-hydrogen) atoms. The highest BCUT2D eigenvalue weighted by atomic mass is 16.6. The highest BCUT2D eigenvalue weighted by molar-refractivity contribution is 5.89. The molecule has 3 heteroatoms. The predicted molar refractivity (Wildman–Crippen MR) is 76.5 cm³/mol. The molecular weight excluding hydrogens is 252 g/mol. The lowest BCUT2D eigenvalue weighted by Gasteiger charge is -2.26. The zero-order valence-corrected chi connectivity index (χ0v) is 11.8. The Morgan fingerprint density at radius 2 is 2.20 bits per heavy atom. The zero-order chi connectivity index (χ0) is 14.2. The van der Waals surface area contributed by atoms with Crippen LogP contribution in [0.1, 0.15) is 36.5 Å². The van der Waals surface area contributed by atoms with Crippen LogP contribution in [0.15, 0.2) is 42.5 Å². The summed E-state index contributed by atoms with van der Waals surface area (Å²) in [6, 6.07) is 9.05. The van der Waals surface area contributed by atoms with E-state index in [9.17, 15) is 4.79 Å². The van der Waals surface area contributed by atoms with Crippen LogP contribution < -0.4 is 0 Å². The van der Waals surface area contributed by atoms with Gasteiger partial charge in [0.05, 0.1) is 5.56 Å². The molecule has 106 valence electrons. The van der Waals surface area contributed by atoms with Crippen LogP contribution in [0.2, 0.25) is 0 Å².